The van der Waals surface area contributed by atoms with Crippen LogP contribution in [-0.2, 0) is 19.7 Å². The van der Waals surface area contributed by atoms with Gasteiger partial charge in [-0.15, -0.1) is 0 Å². The van der Waals surface area contributed by atoms with Crippen LogP contribution in [-0.4, -0.2) is 56.1 Å². The van der Waals surface area contributed by atoms with Gasteiger partial charge >= 0.3 is 6.09 Å². The van der Waals surface area contributed by atoms with Crippen LogP contribution in [0, 0.1) is 5.82 Å². The summed E-state index contributed by atoms with van der Waals surface area (Å²) in [6, 6.07) is 4.51. The summed E-state index contributed by atoms with van der Waals surface area (Å²) in [7, 11) is 1.45. The average Bonchev–Trinajstić information content (AvgIpc) is 2.92. The van der Waals surface area contributed by atoms with E-state index in [4.69, 9.17) is 4.74 Å². The number of rotatable bonds is 4. The Labute approximate surface area is 138 Å². The van der Waals surface area contributed by atoms with E-state index >= 15 is 0 Å². The fraction of sp³-hybridized carbons (Fsp3) is 0.438. The van der Waals surface area contributed by atoms with E-state index in [1.165, 1.54) is 18.0 Å². The molecule has 24 heavy (non-hydrogen) atoms. The molecule has 2 heterocycles. The number of amides is 3. The molecule has 0 aromatic heterocycles. The van der Waals surface area contributed by atoms with Gasteiger partial charge in [0.05, 0.1) is 12.2 Å². The van der Waals surface area contributed by atoms with Crippen molar-refractivity contribution in [1.82, 2.24) is 10.2 Å². The lowest BCUT2D eigenvalue weighted by atomic mass is 9.75. The second-order valence-corrected chi connectivity index (χ2v) is 6.33. The molecule has 2 aliphatic rings. The number of cyclic esters (lactones) is 1. The summed E-state index contributed by atoms with van der Waals surface area (Å²) in [6.45, 7) is 2.83. The van der Waals surface area contributed by atoms with E-state index in [1.807, 2.05) is 6.92 Å². The maximum absolute atomic E-state index is 14.5. The predicted molar refractivity (Wildman–Crippen MR) is 83.1 cm³/mol. The number of likely N-dealkylation sites (N-methyl/N-ethyl adjacent to an activating group) is 1. The standard InChI is InChI=1S/C16H18FN3O4/c1-16(7-19(8-16)9-21)11-4-3-10(5-12(11)17)20-6-13(14(22)18-2)24-15(20)23/h3-5,9,13H,6-8H2,1-2H3,(H,18,22)/t13-/m1/s1. The number of ether oxygens (including phenoxy) is 1. The van der Waals surface area contributed by atoms with E-state index < -0.39 is 29.3 Å². The second-order valence-electron chi connectivity index (χ2n) is 6.33. The van der Waals surface area contributed by atoms with Crippen molar-refractivity contribution in [3.8, 4) is 0 Å². The third-order valence-electron chi connectivity index (χ3n) is 4.52. The molecule has 8 heteroatoms. The van der Waals surface area contributed by atoms with Gasteiger partial charge in [0.2, 0.25) is 6.41 Å². The van der Waals surface area contributed by atoms with Crippen LogP contribution in [0.25, 0.3) is 0 Å². The summed E-state index contributed by atoms with van der Waals surface area (Å²) in [5, 5.41) is 2.41. The molecule has 0 radical (unpaired) electrons. The van der Waals surface area contributed by atoms with Crippen molar-refractivity contribution in [2.45, 2.75) is 18.4 Å². The van der Waals surface area contributed by atoms with Crippen molar-refractivity contribution in [2.24, 2.45) is 0 Å². The van der Waals surface area contributed by atoms with Crippen LogP contribution in [0.1, 0.15) is 12.5 Å². The van der Waals surface area contributed by atoms with Crippen LogP contribution >= 0.6 is 0 Å². The fourth-order valence-electron chi connectivity index (χ4n) is 3.23. The summed E-state index contributed by atoms with van der Waals surface area (Å²) in [6.07, 6.45) is -0.846. The highest BCUT2D eigenvalue weighted by atomic mass is 19.1. The van der Waals surface area contributed by atoms with Gasteiger partial charge in [-0.25, -0.2) is 9.18 Å². The molecule has 2 aliphatic heterocycles. The first-order valence-electron chi connectivity index (χ1n) is 7.57. The summed E-state index contributed by atoms with van der Waals surface area (Å²) < 4.78 is 19.5. The predicted octanol–water partition coefficient (Wildman–Crippen LogP) is 0.627. The van der Waals surface area contributed by atoms with Crippen LogP contribution < -0.4 is 10.2 Å². The summed E-state index contributed by atoms with van der Waals surface area (Å²) in [4.78, 5) is 37.0. The van der Waals surface area contributed by atoms with E-state index in [-0.39, 0.29) is 6.54 Å². The van der Waals surface area contributed by atoms with Crippen molar-refractivity contribution in [2.75, 3.05) is 31.6 Å². The monoisotopic (exact) mass is 335 g/mol. The Morgan fingerprint density at radius 1 is 1.46 bits per heavy atom. The van der Waals surface area contributed by atoms with Crippen molar-refractivity contribution < 1.29 is 23.5 Å². The number of anilines is 1. The van der Waals surface area contributed by atoms with Crippen molar-refractivity contribution in [1.29, 1.82) is 0 Å². The number of nitrogens with one attached hydrogen (secondary N) is 1. The zero-order valence-corrected chi connectivity index (χ0v) is 13.4. The lowest BCUT2D eigenvalue weighted by Crippen LogP contribution is -2.57. The first kappa shape index (κ1) is 16.2. The minimum Gasteiger partial charge on any atom is -0.434 e. The third kappa shape index (κ3) is 2.57. The minimum absolute atomic E-state index is 0.0352. The van der Waals surface area contributed by atoms with Crippen molar-refractivity contribution >= 4 is 24.1 Å². The molecule has 0 saturated carbocycles. The Morgan fingerprint density at radius 2 is 2.17 bits per heavy atom. The molecule has 0 spiro atoms. The number of nitrogens with zero attached hydrogens (tertiary/aromatic N) is 2. The Kier molecular flexibility index (Phi) is 3.90. The van der Waals surface area contributed by atoms with Gasteiger partial charge < -0.3 is 15.0 Å². The summed E-state index contributed by atoms with van der Waals surface area (Å²) >= 11 is 0. The van der Waals surface area contributed by atoms with Gasteiger partial charge in [0.25, 0.3) is 5.91 Å². The first-order valence-corrected chi connectivity index (χ1v) is 7.57. The lowest BCUT2D eigenvalue weighted by molar-refractivity contribution is -0.127. The number of carbonyl (C=O) groups is 3. The molecule has 3 amide bonds. The molecular weight excluding hydrogens is 317 g/mol. The molecule has 7 nitrogen and oxygen atoms in total. The van der Waals surface area contributed by atoms with Gasteiger partial charge in [-0.3, -0.25) is 14.5 Å². The quantitative estimate of drug-likeness (QED) is 0.819. The minimum atomic E-state index is -0.907. The van der Waals surface area contributed by atoms with Crippen molar-refractivity contribution in [3.05, 3.63) is 29.6 Å². The average molecular weight is 335 g/mol. The smallest absolute Gasteiger partial charge is 0.415 e. The topological polar surface area (TPSA) is 79.0 Å². The molecule has 0 bridgehead atoms. The molecule has 1 aromatic rings. The molecule has 1 aromatic carbocycles. The lowest BCUT2D eigenvalue weighted by Gasteiger charge is -2.46. The zero-order chi connectivity index (χ0) is 17.5. The number of halogens is 1. The van der Waals surface area contributed by atoms with Gasteiger partial charge in [-0.05, 0) is 17.7 Å². The Bertz CT molecular complexity index is 703. The maximum atomic E-state index is 14.5. The molecule has 0 aliphatic carbocycles. The fourth-order valence-corrected chi connectivity index (χ4v) is 3.23. The van der Waals surface area contributed by atoms with Gasteiger partial charge in [-0.1, -0.05) is 13.0 Å². The molecular formula is C16H18FN3O4. The normalized spacial score (nSPS) is 22.0. The van der Waals surface area contributed by atoms with Gasteiger partial charge in [-0.2, -0.15) is 0 Å². The van der Waals surface area contributed by atoms with Crippen LogP contribution in [0.5, 0.6) is 0 Å². The van der Waals surface area contributed by atoms with E-state index in [1.54, 1.807) is 17.0 Å². The molecule has 1 N–H and O–H groups in total. The summed E-state index contributed by atoms with van der Waals surface area (Å²) in [5.41, 5.74) is 0.405. The molecule has 2 saturated heterocycles. The largest absolute Gasteiger partial charge is 0.434 e. The Hall–Kier alpha value is -2.64. The maximum Gasteiger partial charge on any atom is 0.415 e. The first-order chi connectivity index (χ1) is 11.4. The van der Waals surface area contributed by atoms with Gasteiger partial charge in [0.15, 0.2) is 6.10 Å². The van der Waals surface area contributed by atoms with Crippen LogP contribution in [0.15, 0.2) is 18.2 Å². The van der Waals surface area contributed by atoms with E-state index in [9.17, 15) is 18.8 Å². The van der Waals surface area contributed by atoms with E-state index in [2.05, 4.69) is 5.32 Å². The van der Waals surface area contributed by atoms with Gasteiger partial charge in [0.1, 0.15) is 5.82 Å². The van der Waals surface area contributed by atoms with E-state index in [0.717, 1.165) is 6.41 Å². The molecule has 2 fully saturated rings. The Morgan fingerprint density at radius 3 is 2.75 bits per heavy atom. The van der Waals surface area contributed by atoms with E-state index in [0.29, 0.717) is 24.3 Å². The number of carbonyl (C=O) groups excluding carboxylic acids is 3. The number of benzene rings is 1. The third-order valence-corrected chi connectivity index (χ3v) is 4.52. The summed E-state index contributed by atoms with van der Waals surface area (Å²) in [5.74, 6) is -0.851. The highest BCUT2D eigenvalue weighted by Gasteiger charge is 2.42. The second kappa shape index (κ2) is 5.77. The molecule has 0 unspecified atom stereocenters. The highest BCUT2D eigenvalue weighted by Crippen LogP contribution is 2.36. The van der Waals surface area contributed by atoms with Crippen LogP contribution in [0.4, 0.5) is 14.9 Å². The number of likely N-dealkylation sites (tertiary alicyclic amines) is 1. The van der Waals surface area contributed by atoms with Gasteiger partial charge in [0, 0.05) is 25.6 Å². The Balaban J connectivity index is 1.79. The number of hydrogen-bond acceptors (Lipinski definition) is 4. The van der Waals surface area contributed by atoms with Crippen molar-refractivity contribution in [3.63, 3.8) is 0 Å². The van der Waals surface area contributed by atoms with Crippen LogP contribution in [0.3, 0.4) is 0 Å². The SMILES string of the molecule is CNC(=O)[C@H]1CN(c2ccc(C3(C)CN(C=O)C3)c(F)c2)C(=O)O1. The number of hydrogen-bond donors (Lipinski definition) is 1. The zero-order valence-electron chi connectivity index (χ0n) is 13.4. The van der Waals surface area contributed by atoms with Crippen LogP contribution in [0.2, 0.25) is 0 Å². The highest BCUT2D eigenvalue weighted by molar-refractivity contribution is 5.95. The molecule has 3 rings (SSSR count). The molecule has 1 atom stereocenters. The molecule has 128 valence electrons.